The van der Waals surface area contributed by atoms with Gasteiger partial charge in [0.2, 0.25) is 0 Å². The van der Waals surface area contributed by atoms with Gasteiger partial charge in [-0.1, -0.05) is 23.2 Å². The van der Waals surface area contributed by atoms with Gasteiger partial charge in [0.05, 0.1) is 10.0 Å². The van der Waals surface area contributed by atoms with E-state index in [0.717, 1.165) is 0 Å². The van der Waals surface area contributed by atoms with E-state index in [1.54, 1.807) is 24.3 Å². The van der Waals surface area contributed by atoms with Crippen molar-refractivity contribution in [2.75, 3.05) is 17.2 Å². The third kappa shape index (κ3) is 3.59. The van der Waals surface area contributed by atoms with E-state index in [-0.39, 0.29) is 10.7 Å². The number of aromatic nitrogens is 2. The molecule has 0 bridgehead atoms. The molecule has 7 heteroatoms. The molecule has 0 saturated heterocycles. The summed E-state index contributed by atoms with van der Waals surface area (Å²) in [7, 11) is 0. The molecule has 0 unspecified atom stereocenters. The van der Waals surface area contributed by atoms with Crippen molar-refractivity contribution in [3.63, 3.8) is 0 Å². The highest BCUT2D eigenvalue weighted by atomic mass is 35.5. The van der Waals surface area contributed by atoms with Gasteiger partial charge in [0.25, 0.3) is 5.91 Å². The van der Waals surface area contributed by atoms with Crippen LogP contribution in [0.4, 0.5) is 11.6 Å². The fraction of sp³-hybridized carbons (Fsp3) is 0.154. The van der Waals surface area contributed by atoms with E-state index in [4.69, 9.17) is 23.2 Å². The van der Waals surface area contributed by atoms with Gasteiger partial charge in [-0.2, -0.15) is 0 Å². The summed E-state index contributed by atoms with van der Waals surface area (Å²) in [6.07, 6.45) is 1.45. The van der Waals surface area contributed by atoms with Gasteiger partial charge in [-0.05, 0) is 31.2 Å². The minimum absolute atomic E-state index is 0.141. The van der Waals surface area contributed by atoms with Gasteiger partial charge in [0, 0.05) is 12.7 Å². The van der Waals surface area contributed by atoms with Gasteiger partial charge in [-0.15, -0.1) is 0 Å². The zero-order chi connectivity index (χ0) is 14.5. The number of carbonyl (C=O) groups is 1. The van der Waals surface area contributed by atoms with Crippen LogP contribution in [0.1, 0.15) is 17.4 Å². The normalized spacial score (nSPS) is 10.2. The maximum Gasteiger partial charge on any atom is 0.277 e. The average Bonchev–Trinajstić information content (AvgIpc) is 2.43. The standard InChI is InChI=1S/C13H12Cl2N4O/c1-2-16-10-6-4-9(15)12(18-10)13(20)19-11-5-3-8(14)7-17-11/h3-7H,2H2,1H3,(H,16,18)(H,17,19,20). The lowest BCUT2D eigenvalue weighted by Gasteiger charge is -2.08. The Morgan fingerprint density at radius 2 is 1.95 bits per heavy atom. The third-order valence-electron chi connectivity index (χ3n) is 2.39. The number of amides is 1. The van der Waals surface area contributed by atoms with Crippen molar-refractivity contribution < 1.29 is 4.79 Å². The molecule has 0 spiro atoms. The lowest BCUT2D eigenvalue weighted by molar-refractivity contribution is 0.102. The number of hydrogen-bond acceptors (Lipinski definition) is 4. The van der Waals surface area contributed by atoms with E-state index in [1.807, 2.05) is 6.92 Å². The lowest BCUT2D eigenvalue weighted by atomic mass is 10.3. The average molecular weight is 311 g/mol. The van der Waals surface area contributed by atoms with Crippen LogP contribution in [0.3, 0.4) is 0 Å². The third-order valence-corrected chi connectivity index (χ3v) is 2.92. The second-order valence-electron chi connectivity index (χ2n) is 3.87. The fourth-order valence-electron chi connectivity index (χ4n) is 1.51. The molecule has 0 aromatic carbocycles. The zero-order valence-electron chi connectivity index (χ0n) is 10.7. The summed E-state index contributed by atoms with van der Waals surface area (Å²) in [4.78, 5) is 20.3. The second kappa shape index (κ2) is 6.54. The summed E-state index contributed by atoms with van der Waals surface area (Å²) in [5.41, 5.74) is 0.141. The molecule has 0 aliphatic rings. The van der Waals surface area contributed by atoms with Gasteiger partial charge in [0.1, 0.15) is 17.3 Å². The van der Waals surface area contributed by atoms with Crippen molar-refractivity contribution in [2.24, 2.45) is 0 Å². The molecule has 0 atom stereocenters. The largest absolute Gasteiger partial charge is 0.370 e. The predicted molar refractivity (Wildman–Crippen MR) is 80.6 cm³/mol. The van der Waals surface area contributed by atoms with Crippen molar-refractivity contribution in [3.8, 4) is 0 Å². The van der Waals surface area contributed by atoms with Crippen LogP contribution in [0.5, 0.6) is 0 Å². The van der Waals surface area contributed by atoms with Crippen molar-refractivity contribution in [3.05, 3.63) is 46.2 Å². The lowest BCUT2D eigenvalue weighted by Crippen LogP contribution is -2.16. The molecule has 2 rings (SSSR count). The highest BCUT2D eigenvalue weighted by Crippen LogP contribution is 2.18. The number of nitrogens with one attached hydrogen (secondary N) is 2. The maximum atomic E-state index is 12.1. The SMILES string of the molecule is CCNc1ccc(Cl)c(C(=O)Nc2ccc(Cl)cn2)n1. The molecule has 104 valence electrons. The number of pyridine rings is 2. The highest BCUT2D eigenvalue weighted by molar-refractivity contribution is 6.34. The Morgan fingerprint density at radius 3 is 2.60 bits per heavy atom. The molecule has 0 saturated carbocycles. The molecule has 20 heavy (non-hydrogen) atoms. The quantitative estimate of drug-likeness (QED) is 0.907. The molecule has 5 nitrogen and oxygen atoms in total. The Labute approximate surface area is 126 Å². The van der Waals surface area contributed by atoms with E-state index >= 15 is 0 Å². The minimum atomic E-state index is -0.426. The molecule has 2 aromatic heterocycles. The predicted octanol–water partition coefficient (Wildman–Crippen LogP) is 3.47. The van der Waals surface area contributed by atoms with Crippen LogP contribution in [0.25, 0.3) is 0 Å². The van der Waals surface area contributed by atoms with Gasteiger partial charge >= 0.3 is 0 Å². The Morgan fingerprint density at radius 1 is 1.20 bits per heavy atom. The molecule has 0 fully saturated rings. The molecule has 1 amide bonds. The first-order valence-corrected chi connectivity index (χ1v) is 6.69. The molecular formula is C13H12Cl2N4O. The second-order valence-corrected chi connectivity index (χ2v) is 4.72. The van der Waals surface area contributed by atoms with Crippen LogP contribution in [-0.2, 0) is 0 Å². The van der Waals surface area contributed by atoms with E-state index < -0.39 is 5.91 Å². The van der Waals surface area contributed by atoms with Crippen molar-refractivity contribution in [1.82, 2.24) is 9.97 Å². The molecule has 0 radical (unpaired) electrons. The summed E-state index contributed by atoms with van der Waals surface area (Å²) in [5, 5.41) is 6.40. The van der Waals surface area contributed by atoms with E-state index in [0.29, 0.717) is 23.2 Å². The van der Waals surface area contributed by atoms with Crippen molar-refractivity contribution in [1.29, 1.82) is 0 Å². The van der Waals surface area contributed by atoms with Crippen molar-refractivity contribution in [2.45, 2.75) is 6.92 Å². The number of nitrogens with zero attached hydrogens (tertiary/aromatic N) is 2. The van der Waals surface area contributed by atoms with Gasteiger partial charge in [0.15, 0.2) is 0 Å². The first-order valence-electron chi connectivity index (χ1n) is 5.93. The van der Waals surface area contributed by atoms with Crippen molar-refractivity contribution >= 4 is 40.7 Å². The topological polar surface area (TPSA) is 66.9 Å². The summed E-state index contributed by atoms with van der Waals surface area (Å²) >= 11 is 11.7. The van der Waals surface area contributed by atoms with Gasteiger partial charge < -0.3 is 10.6 Å². The Hall–Kier alpha value is -1.85. The molecule has 2 aromatic rings. The summed E-state index contributed by atoms with van der Waals surface area (Å²) < 4.78 is 0. The Kier molecular flexibility index (Phi) is 4.76. The maximum absolute atomic E-state index is 12.1. The van der Waals surface area contributed by atoms with E-state index in [9.17, 15) is 4.79 Å². The fourth-order valence-corrected chi connectivity index (χ4v) is 1.81. The first-order chi connectivity index (χ1) is 9.60. The van der Waals surface area contributed by atoms with Crippen LogP contribution < -0.4 is 10.6 Å². The summed E-state index contributed by atoms with van der Waals surface area (Å²) in [5.74, 6) is 0.543. The van der Waals surface area contributed by atoms with Gasteiger partial charge in [-0.25, -0.2) is 9.97 Å². The minimum Gasteiger partial charge on any atom is -0.370 e. The molecule has 2 heterocycles. The smallest absolute Gasteiger partial charge is 0.277 e. The number of anilines is 2. The van der Waals surface area contributed by atoms with Crippen LogP contribution in [0.2, 0.25) is 10.0 Å². The Bertz CT molecular complexity index is 616. The van der Waals surface area contributed by atoms with Crippen LogP contribution in [-0.4, -0.2) is 22.4 Å². The molecular weight excluding hydrogens is 299 g/mol. The number of carbonyl (C=O) groups excluding carboxylic acids is 1. The van der Waals surface area contributed by atoms with Crippen LogP contribution in [0, 0.1) is 0 Å². The van der Waals surface area contributed by atoms with E-state index in [2.05, 4.69) is 20.6 Å². The Balaban J connectivity index is 2.19. The number of rotatable bonds is 4. The number of hydrogen-bond donors (Lipinski definition) is 2. The van der Waals surface area contributed by atoms with Crippen LogP contribution >= 0.6 is 23.2 Å². The summed E-state index contributed by atoms with van der Waals surface area (Å²) in [6.45, 7) is 2.64. The molecule has 2 N–H and O–H groups in total. The van der Waals surface area contributed by atoms with E-state index in [1.165, 1.54) is 6.20 Å². The zero-order valence-corrected chi connectivity index (χ0v) is 12.2. The monoisotopic (exact) mass is 310 g/mol. The first kappa shape index (κ1) is 14.6. The van der Waals surface area contributed by atoms with Crippen LogP contribution in [0.15, 0.2) is 30.5 Å². The molecule has 0 aliphatic heterocycles. The molecule has 0 aliphatic carbocycles. The number of halogens is 2. The summed E-state index contributed by atoms with van der Waals surface area (Å²) in [6, 6.07) is 6.57. The highest BCUT2D eigenvalue weighted by Gasteiger charge is 2.14. The van der Waals surface area contributed by atoms with Gasteiger partial charge in [-0.3, -0.25) is 4.79 Å².